The van der Waals surface area contributed by atoms with Gasteiger partial charge >= 0.3 is 0 Å². The van der Waals surface area contributed by atoms with Gasteiger partial charge in [-0.15, -0.1) is 0 Å². The average Bonchev–Trinajstić information content (AvgIpc) is 2.48. The number of nitrogens with two attached hydrogens (primary N) is 1. The first-order valence-corrected chi connectivity index (χ1v) is 6.52. The molecule has 0 unspecified atom stereocenters. The van der Waals surface area contributed by atoms with Crippen LogP contribution in [-0.4, -0.2) is 31.4 Å². The van der Waals surface area contributed by atoms with E-state index in [2.05, 4.69) is 22.5 Å². The highest BCUT2D eigenvalue weighted by Crippen LogP contribution is 2.06. The second kappa shape index (κ2) is 8.73. The van der Waals surface area contributed by atoms with E-state index in [0.29, 0.717) is 17.7 Å². The molecular formula is C15H19N3O2. The van der Waals surface area contributed by atoms with Crippen LogP contribution in [-0.2, 0) is 4.79 Å². The number of carbonyl (C=O) groups excluding carboxylic acids is 2. The molecule has 0 aliphatic carbocycles. The largest absolute Gasteiger partial charge is 0.355 e. The molecular weight excluding hydrogens is 254 g/mol. The fourth-order valence-electron chi connectivity index (χ4n) is 1.52. The molecule has 1 rings (SSSR count). The molecule has 0 fully saturated rings. The fraction of sp³-hybridized carbons (Fsp3) is 0.333. The number of rotatable bonds is 5. The quantitative estimate of drug-likeness (QED) is 0.672. The molecule has 0 saturated heterocycles. The van der Waals surface area contributed by atoms with Crippen LogP contribution in [0.3, 0.4) is 0 Å². The van der Waals surface area contributed by atoms with E-state index in [-0.39, 0.29) is 24.9 Å². The van der Waals surface area contributed by atoms with Gasteiger partial charge in [-0.2, -0.15) is 0 Å². The van der Waals surface area contributed by atoms with Crippen molar-refractivity contribution >= 4 is 11.8 Å². The normalized spacial score (nSPS) is 9.30. The van der Waals surface area contributed by atoms with Crippen molar-refractivity contribution in [2.24, 2.45) is 5.73 Å². The Bertz CT molecular complexity index is 529. The smallest absolute Gasteiger partial charge is 0.252 e. The molecule has 1 aromatic carbocycles. The van der Waals surface area contributed by atoms with Crippen molar-refractivity contribution in [1.82, 2.24) is 10.6 Å². The van der Waals surface area contributed by atoms with Crippen molar-refractivity contribution in [1.29, 1.82) is 0 Å². The van der Waals surface area contributed by atoms with Gasteiger partial charge in [0.2, 0.25) is 5.91 Å². The van der Waals surface area contributed by atoms with Crippen LogP contribution in [0.25, 0.3) is 0 Å². The molecule has 0 saturated carbocycles. The maximum atomic E-state index is 12.0. The zero-order valence-electron chi connectivity index (χ0n) is 11.5. The topological polar surface area (TPSA) is 84.2 Å². The first-order valence-electron chi connectivity index (χ1n) is 6.52. The number of carbonyl (C=O) groups is 2. The molecule has 0 aromatic heterocycles. The van der Waals surface area contributed by atoms with Crippen molar-refractivity contribution in [3.05, 3.63) is 35.4 Å². The maximum absolute atomic E-state index is 12.0. The second-order valence-corrected chi connectivity index (χ2v) is 4.08. The highest BCUT2D eigenvalue weighted by Gasteiger charge is 2.10. The number of hydrogen-bond donors (Lipinski definition) is 3. The SMILES string of the molecule is CCCNC(=O)CNC(=O)c1ccccc1C#CCN. The number of amides is 2. The Morgan fingerprint density at radius 2 is 2.00 bits per heavy atom. The van der Waals surface area contributed by atoms with Crippen LogP contribution in [0.2, 0.25) is 0 Å². The van der Waals surface area contributed by atoms with Crippen LogP contribution in [0.4, 0.5) is 0 Å². The van der Waals surface area contributed by atoms with Crippen LogP contribution in [0.5, 0.6) is 0 Å². The third-order valence-corrected chi connectivity index (χ3v) is 2.48. The Morgan fingerprint density at radius 1 is 1.25 bits per heavy atom. The Balaban J connectivity index is 2.66. The molecule has 5 nitrogen and oxygen atoms in total. The van der Waals surface area contributed by atoms with E-state index in [1.807, 2.05) is 6.92 Å². The van der Waals surface area contributed by atoms with E-state index in [1.54, 1.807) is 24.3 Å². The summed E-state index contributed by atoms with van der Waals surface area (Å²) in [7, 11) is 0. The van der Waals surface area contributed by atoms with Crippen molar-refractivity contribution < 1.29 is 9.59 Å². The van der Waals surface area contributed by atoms with E-state index in [4.69, 9.17) is 5.73 Å². The van der Waals surface area contributed by atoms with Gasteiger partial charge in [0, 0.05) is 12.1 Å². The molecule has 4 N–H and O–H groups in total. The summed E-state index contributed by atoms with van der Waals surface area (Å²) in [5, 5.41) is 5.26. The van der Waals surface area contributed by atoms with Crippen molar-refractivity contribution in [3.63, 3.8) is 0 Å². The molecule has 1 aromatic rings. The predicted octanol–water partition coefficient (Wildman–Crippen LogP) is 0.253. The van der Waals surface area contributed by atoms with Crippen LogP contribution < -0.4 is 16.4 Å². The first kappa shape index (κ1) is 15.7. The van der Waals surface area contributed by atoms with Gasteiger partial charge in [-0.05, 0) is 18.6 Å². The summed E-state index contributed by atoms with van der Waals surface area (Å²) < 4.78 is 0. The minimum atomic E-state index is -0.321. The molecule has 5 heteroatoms. The van der Waals surface area contributed by atoms with E-state index in [0.717, 1.165) is 6.42 Å². The zero-order chi connectivity index (χ0) is 14.8. The lowest BCUT2D eigenvalue weighted by atomic mass is 10.1. The number of hydrogen-bond acceptors (Lipinski definition) is 3. The zero-order valence-corrected chi connectivity index (χ0v) is 11.5. The molecule has 0 bridgehead atoms. The standard InChI is InChI=1S/C15H19N3O2/c1-2-10-17-14(19)11-18-15(20)13-8-4-3-6-12(13)7-5-9-16/h3-4,6,8H,2,9-11,16H2,1H3,(H,17,19)(H,18,20). The first-order chi connectivity index (χ1) is 9.69. The van der Waals surface area contributed by atoms with Crippen molar-refractivity contribution in [2.75, 3.05) is 19.6 Å². The summed E-state index contributed by atoms with van der Waals surface area (Å²) in [5.41, 5.74) is 6.36. The lowest BCUT2D eigenvalue weighted by Gasteiger charge is -2.07. The summed E-state index contributed by atoms with van der Waals surface area (Å²) >= 11 is 0. The van der Waals surface area contributed by atoms with Gasteiger partial charge in [0.25, 0.3) is 5.91 Å². The van der Waals surface area contributed by atoms with Crippen LogP contribution in [0.1, 0.15) is 29.3 Å². The third-order valence-electron chi connectivity index (χ3n) is 2.48. The minimum absolute atomic E-state index is 0.0442. The predicted molar refractivity (Wildman–Crippen MR) is 78.0 cm³/mol. The summed E-state index contributed by atoms with van der Waals surface area (Å²) in [4.78, 5) is 23.4. The van der Waals surface area contributed by atoms with Crippen molar-refractivity contribution in [3.8, 4) is 11.8 Å². The second-order valence-electron chi connectivity index (χ2n) is 4.08. The molecule has 20 heavy (non-hydrogen) atoms. The Kier molecular flexibility index (Phi) is 6.87. The average molecular weight is 273 g/mol. The Morgan fingerprint density at radius 3 is 2.70 bits per heavy atom. The molecule has 0 aliphatic heterocycles. The molecule has 0 atom stereocenters. The van der Waals surface area contributed by atoms with Gasteiger partial charge in [-0.3, -0.25) is 9.59 Å². The van der Waals surface area contributed by atoms with Gasteiger partial charge in [0.05, 0.1) is 18.7 Å². The van der Waals surface area contributed by atoms with E-state index in [1.165, 1.54) is 0 Å². The van der Waals surface area contributed by atoms with Gasteiger partial charge in [-0.1, -0.05) is 30.9 Å². The number of nitrogens with one attached hydrogen (secondary N) is 2. The monoisotopic (exact) mass is 273 g/mol. The van der Waals surface area contributed by atoms with E-state index < -0.39 is 0 Å². The lowest BCUT2D eigenvalue weighted by molar-refractivity contribution is -0.120. The molecule has 2 amide bonds. The number of benzene rings is 1. The summed E-state index contributed by atoms with van der Waals surface area (Å²) in [6, 6.07) is 6.96. The maximum Gasteiger partial charge on any atom is 0.252 e. The fourth-order valence-corrected chi connectivity index (χ4v) is 1.52. The lowest BCUT2D eigenvalue weighted by Crippen LogP contribution is -2.37. The molecule has 0 heterocycles. The molecule has 0 spiro atoms. The molecule has 0 aliphatic rings. The van der Waals surface area contributed by atoms with Gasteiger partial charge in [-0.25, -0.2) is 0 Å². The van der Waals surface area contributed by atoms with Crippen LogP contribution >= 0.6 is 0 Å². The summed E-state index contributed by atoms with van der Waals surface area (Å²) in [6.07, 6.45) is 0.858. The molecule has 106 valence electrons. The minimum Gasteiger partial charge on any atom is -0.355 e. The highest BCUT2D eigenvalue weighted by molar-refractivity contribution is 5.98. The van der Waals surface area contributed by atoms with Crippen LogP contribution in [0, 0.1) is 11.8 Å². The van der Waals surface area contributed by atoms with E-state index in [9.17, 15) is 9.59 Å². The van der Waals surface area contributed by atoms with Gasteiger partial charge in [0.1, 0.15) is 0 Å². The Labute approximate surface area is 118 Å². The summed E-state index contributed by atoms with van der Waals surface area (Å²) in [6.45, 7) is 2.76. The van der Waals surface area contributed by atoms with Gasteiger partial charge in [0.15, 0.2) is 0 Å². The van der Waals surface area contributed by atoms with Crippen molar-refractivity contribution in [2.45, 2.75) is 13.3 Å². The highest BCUT2D eigenvalue weighted by atomic mass is 16.2. The van der Waals surface area contributed by atoms with E-state index >= 15 is 0 Å². The van der Waals surface area contributed by atoms with Gasteiger partial charge < -0.3 is 16.4 Å². The van der Waals surface area contributed by atoms with Crippen LogP contribution in [0.15, 0.2) is 24.3 Å². The summed E-state index contributed by atoms with van der Waals surface area (Å²) in [5.74, 6) is 5.03. The Hall–Kier alpha value is -2.32. The molecule has 0 radical (unpaired) electrons. The third kappa shape index (κ3) is 5.12.